The molecule has 0 spiro atoms. The highest BCUT2D eigenvalue weighted by Crippen LogP contribution is 2.30. The summed E-state index contributed by atoms with van der Waals surface area (Å²) >= 11 is 1.18. The Labute approximate surface area is 197 Å². The van der Waals surface area contributed by atoms with Crippen LogP contribution in [0.25, 0.3) is 10.2 Å². The molecular formula is C21H24N4O5S3. The van der Waals surface area contributed by atoms with Gasteiger partial charge in [-0.1, -0.05) is 29.5 Å². The number of fused-ring (bicyclic) bond motifs is 1. The van der Waals surface area contributed by atoms with E-state index in [1.807, 2.05) is 0 Å². The first-order valence-electron chi connectivity index (χ1n) is 10.3. The van der Waals surface area contributed by atoms with Crippen LogP contribution >= 0.6 is 11.3 Å². The van der Waals surface area contributed by atoms with Crippen LogP contribution in [0.2, 0.25) is 0 Å². The molecule has 1 N–H and O–H groups in total. The van der Waals surface area contributed by atoms with Crippen molar-refractivity contribution >= 4 is 52.6 Å². The lowest BCUT2D eigenvalue weighted by Crippen LogP contribution is -2.43. The third-order valence-corrected chi connectivity index (χ3v) is 10.1. The first kappa shape index (κ1) is 23.8. The van der Waals surface area contributed by atoms with E-state index in [2.05, 4.69) is 10.3 Å². The first-order chi connectivity index (χ1) is 15.6. The fraction of sp³-hybridized carbons (Fsp3) is 0.333. The summed E-state index contributed by atoms with van der Waals surface area (Å²) in [5, 5.41) is 3.13. The fourth-order valence-corrected chi connectivity index (χ4v) is 7.11. The van der Waals surface area contributed by atoms with Crippen molar-refractivity contribution in [1.29, 1.82) is 0 Å². The molecule has 2 heterocycles. The number of piperidine rings is 1. The minimum atomic E-state index is -3.67. The van der Waals surface area contributed by atoms with Crippen LogP contribution in [0, 0.1) is 5.92 Å². The Morgan fingerprint density at radius 2 is 1.82 bits per heavy atom. The Morgan fingerprint density at radius 3 is 2.52 bits per heavy atom. The molecule has 1 fully saturated rings. The third kappa shape index (κ3) is 4.80. The maximum atomic E-state index is 12.9. The molecule has 1 aliphatic rings. The first-order valence-corrected chi connectivity index (χ1v) is 14.0. The minimum absolute atomic E-state index is 0.0964. The zero-order valence-electron chi connectivity index (χ0n) is 18.1. The average Bonchev–Trinajstić information content (AvgIpc) is 3.21. The molecular weight excluding hydrogens is 484 g/mol. The van der Waals surface area contributed by atoms with Crippen molar-refractivity contribution in [2.45, 2.75) is 22.6 Å². The number of hydrogen-bond donors (Lipinski definition) is 1. The fourth-order valence-electron chi connectivity index (χ4n) is 3.65. The van der Waals surface area contributed by atoms with Crippen LogP contribution in [0.4, 0.5) is 5.13 Å². The molecule has 1 amide bonds. The molecule has 1 atom stereocenters. The maximum absolute atomic E-state index is 12.9. The number of carbonyl (C=O) groups is 1. The van der Waals surface area contributed by atoms with Crippen LogP contribution in [0.15, 0.2) is 58.3 Å². The number of amides is 1. The highest BCUT2D eigenvalue weighted by atomic mass is 32.2. The molecule has 176 valence electrons. The zero-order valence-corrected chi connectivity index (χ0v) is 20.6. The van der Waals surface area contributed by atoms with E-state index < -0.39 is 26.0 Å². The molecule has 1 saturated heterocycles. The largest absolute Gasteiger partial charge is 0.302 e. The van der Waals surface area contributed by atoms with Crippen molar-refractivity contribution in [3.05, 3.63) is 48.5 Å². The molecule has 2 aromatic carbocycles. The lowest BCUT2D eigenvalue weighted by molar-refractivity contribution is -0.120. The summed E-state index contributed by atoms with van der Waals surface area (Å²) < 4.78 is 53.7. The topological polar surface area (TPSA) is 117 Å². The normalized spacial score (nSPS) is 18.0. The van der Waals surface area contributed by atoms with Gasteiger partial charge in [-0.25, -0.2) is 26.1 Å². The summed E-state index contributed by atoms with van der Waals surface area (Å²) in [6.45, 7) is 0.463. The number of hydrogen-bond acceptors (Lipinski definition) is 7. The van der Waals surface area contributed by atoms with Crippen molar-refractivity contribution in [2.75, 3.05) is 32.5 Å². The summed E-state index contributed by atoms with van der Waals surface area (Å²) in [5.41, 5.74) is 0.574. The second-order valence-electron chi connectivity index (χ2n) is 7.94. The predicted octanol–water partition coefficient (Wildman–Crippen LogP) is 2.59. The van der Waals surface area contributed by atoms with E-state index in [4.69, 9.17) is 0 Å². The van der Waals surface area contributed by atoms with Gasteiger partial charge in [0.1, 0.15) is 0 Å². The number of rotatable bonds is 6. The molecule has 1 aromatic heterocycles. The van der Waals surface area contributed by atoms with E-state index in [0.717, 1.165) is 4.31 Å². The van der Waals surface area contributed by atoms with Gasteiger partial charge in [0.15, 0.2) is 5.13 Å². The zero-order chi connectivity index (χ0) is 23.8. The Hall–Kier alpha value is -2.38. The van der Waals surface area contributed by atoms with Gasteiger partial charge in [0, 0.05) is 27.2 Å². The Morgan fingerprint density at radius 1 is 1.09 bits per heavy atom. The second-order valence-corrected chi connectivity index (χ2v) is 13.1. The standard InChI is InChI=1S/C21H24N4O5S3/c1-24(2)32(27,28)17-10-11-18-19(13-17)31-21(22-18)23-20(26)15-7-6-12-25(14-15)33(29,30)16-8-4-3-5-9-16/h3-5,8-11,13,15H,6-7,12,14H2,1-2H3,(H,22,23,26). The molecule has 0 aliphatic carbocycles. The summed E-state index contributed by atoms with van der Waals surface area (Å²) in [5.74, 6) is -0.808. The Bertz CT molecular complexity index is 1390. The third-order valence-electron chi connectivity index (χ3n) is 5.50. The Balaban J connectivity index is 1.50. The van der Waals surface area contributed by atoms with Gasteiger partial charge in [0.2, 0.25) is 26.0 Å². The number of nitrogens with zero attached hydrogens (tertiary/aromatic N) is 3. The van der Waals surface area contributed by atoms with Gasteiger partial charge in [-0.2, -0.15) is 4.31 Å². The summed E-state index contributed by atoms with van der Waals surface area (Å²) in [6.07, 6.45) is 1.15. The average molecular weight is 509 g/mol. The van der Waals surface area contributed by atoms with E-state index in [-0.39, 0.29) is 22.2 Å². The molecule has 0 bridgehead atoms. The van der Waals surface area contributed by atoms with Crippen LogP contribution in [0.3, 0.4) is 0 Å². The van der Waals surface area contributed by atoms with Crippen LogP contribution < -0.4 is 5.32 Å². The molecule has 4 rings (SSSR count). The van der Waals surface area contributed by atoms with Crippen molar-refractivity contribution in [3.8, 4) is 0 Å². The van der Waals surface area contributed by atoms with Gasteiger partial charge in [-0.3, -0.25) is 4.79 Å². The summed E-state index contributed by atoms with van der Waals surface area (Å²) in [6, 6.07) is 12.8. The van der Waals surface area contributed by atoms with E-state index in [1.165, 1.54) is 41.9 Å². The van der Waals surface area contributed by atoms with Crippen molar-refractivity contribution < 1.29 is 21.6 Å². The number of carbonyl (C=O) groups excluding carboxylic acids is 1. The molecule has 0 saturated carbocycles. The van der Waals surface area contributed by atoms with Crippen LogP contribution in [0.1, 0.15) is 12.8 Å². The van der Waals surface area contributed by atoms with Crippen molar-refractivity contribution in [2.24, 2.45) is 5.92 Å². The number of aromatic nitrogens is 1. The highest BCUT2D eigenvalue weighted by Gasteiger charge is 2.33. The van der Waals surface area contributed by atoms with Crippen molar-refractivity contribution in [1.82, 2.24) is 13.6 Å². The SMILES string of the molecule is CN(C)S(=O)(=O)c1ccc2nc(NC(=O)C3CCCN(S(=O)(=O)c4ccccc4)C3)sc2c1. The number of sulfonamides is 2. The lowest BCUT2D eigenvalue weighted by Gasteiger charge is -2.31. The molecule has 1 unspecified atom stereocenters. The van der Waals surface area contributed by atoms with E-state index >= 15 is 0 Å². The van der Waals surface area contributed by atoms with Gasteiger partial charge >= 0.3 is 0 Å². The molecule has 1 aliphatic heterocycles. The number of anilines is 1. The molecule has 12 heteroatoms. The number of thiazole rings is 1. The van der Waals surface area contributed by atoms with Gasteiger partial charge in [0.05, 0.1) is 25.9 Å². The van der Waals surface area contributed by atoms with E-state index in [1.54, 1.807) is 36.4 Å². The van der Waals surface area contributed by atoms with Crippen LogP contribution in [0.5, 0.6) is 0 Å². The number of nitrogens with one attached hydrogen (secondary N) is 1. The summed E-state index contributed by atoms with van der Waals surface area (Å²) in [4.78, 5) is 17.6. The van der Waals surface area contributed by atoms with Gasteiger partial charge in [-0.05, 0) is 43.2 Å². The van der Waals surface area contributed by atoms with Crippen LogP contribution in [-0.2, 0) is 24.8 Å². The molecule has 3 aromatic rings. The van der Waals surface area contributed by atoms with Crippen molar-refractivity contribution in [3.63, 3.8) is 0 Å². The monoisotopic (exact) mass is 508 g/mol. The van der Waals surface area contributed by atoms with Gasteiger partial charge < -0.3 is 5.32 Å². The van der Waals surface area contributed by atoms with Gasteiger partial charge in [-0.15, -0.1) is 0 Å². The van der Waals surface area contributed by atoms with E-state index in [0.29, 0.717) is 34.7 Å². The molecule has 0 radical (unpaired) electrons. The second kappa shape index (κ2) is 9.11. The van der Waals surface area contributed by atoms with Gasteiger partial charge in [0.25, 0.3) is 0 Å². The highest BCUT2D eigenvalue weighted by molar-refractivity contribution is 7.89. The molecule has 33 heavy (non-hydrogen) atoms. The Kier molecular flexibility index (Phi) is 6.56. The number of benzene rings is 2. The molecule has 9 nitrogen and oxygen atoms in total. The minimum Gasteiger partial charge on any atom is -0.302 e. The quantitative estimate of drug-likeness (QED) is 0.547. The predicted molar refractivity (Wildman–Crippen MR) is 127 cm³/mol. The maximum Gasteiger partial charge on any atom is 0.243 e. The summed E-state index contributed by atoms with van der Waals surface area (Å²) in [7, 11) is -4.32. The van der Waals surface area contributed by atoms with E-state index in [9.17, 15) is 21.6 Å². The van der Waals surface area contributed by atoms with Crippen LogP contribution in [-0.4, -0.2) is 63.5 Å². The smallest absolute Gasteiger partial charge is 0.243 e. The lowest BCUT2D eigenvalue weighted by atomic mass is 9.99.